The molecular formula is C22H26O4. The number of hydrogen-bond donors (Lipinski definition) is 0. The normalized spacial score (nSPS) is 25.3. The minimum absolute atomic E-state index is 0.0873. The zero-order valence-corrected chi connectivity index (χ0v) is 15.0. The average Bonchev–Trinajstić information content (AvgIpc) is 2.72. The summed E-state index contributed by atoms with van der Waals surface area (Å²) in [4.78, 5) is 0. The van der Waals surface area contributed by atoms with Crippen molar-refractivity contribution < 1.29 is 18.9 Å². The molecule has 4 heteroatoms. The molecule has 2 heterocycles. The molecule has 1 fully saturated rings. The highest BCUT2D eigenvalue weighted by molar-refractivity contribution is 5.35. The van der Waals surface area contributed by atoms with Gasteiger partial charge in [-0.25, -0.2) is 0 Å². The Hall–Kier alpha value is -1.88. The number of benzene rings is 2. The van der Waals surface area contributed by atoms with Gasteiger partial charge in [0.1, 0.15) is 5.75 Å². The maximum absolute atomic E-state index is 6.16. The minimum atomic E-state index is -0.311. The Morgan fingerprint density at radius 1 is 0.923 bits per heavy atom. The van der Waals surface area contributed by atoms with Crippen molar-refractivity contribution in [2.45, 2.75) is 44.9 Å². The molecule has 138 valence electrons. The van der Waals surface area contributed by atoms with Gasteiger partial charge in [-0.3, -0.25) is 0 Å². The molecular weight excluding hydrogens is 328 g/mol. The van der Waals surface area contributed by atoms with Gasteiger partial charge in [-0.05, 0) is 42.9 Å². The van der Waals surface area contributed by atoms with E-state index < -0.39 is 0 Å². The van der Waals surface area contributed by atoms with Crippen LogP contribution in [0.25, 0.3) is 0 Å². The molecule has 2 aromatic rings. The van der Waals surface area contributed by atoms with Crippen molar-refractivity contribution in [1.82, 2.24) is 0 Å². The van der Waals surface area contributed by atoms with Crippen molar-refractivity contribution in [3.63, 3.8) is 0 Å². The lowest BCUT2D eigenvalue weighted by atomic mass is 9.96. The van der Waals surface area contributed by atoms with Gasteiger partial charge in [-0.15, -0.1) is 0 Å². The van der Waals surface area contributed by atoms with E-state index in [4.69, 9.17) is 18.9 Å². The Kier molecular flexibility index (Phi) is 5.85. The lowest BCUT2D eigenvalue weighted by Gasteiger charge is -2.34. The lowest BCUT2D eigenvalue weighted by molar-refractivity contribution is -0.197. The largest absolute Gasteiger partial charge is 0.464 e. The first-order valence-corrected chi connectivity index (χ1v) is 9.52. The first-order chi connectivity index (χ1) is 12.9. The van der Waals surface area contributed by atoms with Crippen LogP contribution in [0.2, 0.25) is 0 Å². The predicted octanol–water partition coefficient (Wildman–Crippen LogP) is 4.32. The Labute approximate surface area is 155 Å². The summed E-state index contributed by atoms with van der Waals surface area (Å²) in [6, 6.07) is 18.4. The van der Waals surface area contributed by atoms with Gasteiger partial charge in [-0.2, -0.15) is 0 Å². The van der Waals surface area contributed by atoms with E-state index in [0.29, 0.717) is 13.2 Å². The molecule has 0 amide bonds. The molecule has 3 unspecified atom stereocenters. The number of rotatable bonds is 6. The molecule has 0 spiro atoms. The Morgan fingerprint density at radius 2 is 1.77 bits per heavy atom. The zero-order chi connectivity index (χ0) is 17.6. The van der Waals surface area contributed by atoms with E-state index in [2.05, 4.69) is 24.3 Å². The quantitative estimate of drug-likeness (QED) is 0.774. The summed E-state index contributed by atoms with van der Waals surface area (Å²) in [6.45, 7) is 1.91. The molecule has 2 aliphatic rings. The van der Waals surface area contributed by atoms with E-state index in [0.717, 1.165) is 37.2 Å². The van der Waals surface area contributed by atoms with Crippen LogP contribution in [0, 0.1) is 5.92 Å². The Balaban J connectivity index is 1.41. The molecule has 2 aromatic carbocycles. The van der Waals surface area contributed by atoms with Crippen LogP contribution in [0.15, 0.2) is 54.6 Å². The van der Waals surface area contributed by atoms with Crippen molar-refractivity contribution in [1.29, 1.82) is 0 Å². The number of ether oxygens (including phenoxy) is 4. The second-order valence-electron chi connectivity index (χ2n) is 6.98. The topological polar surface area (TPSA) is 36.9 Å². The maximum atomic E-state index is 6.16. The highest BCUT2D eigenvalue weighted by atomic mass is 16.7. The molecule has 0 aromatic heterocycles. The highest BCUT2D eigenvalue weighted by Gasteiger charge is 2.32. The Morgan fingerprint density at radius 3 is 2.62 bits per heavy atom. The van der Waals surface area contributed by atoms with Crippen LogP contribution in [0.3, 0.4) is 0 Å². The van der Waals surface area contributed by atoms with Crippen molar-refractivity contribution in [2.75, 3.05) is 13.2 Å². The van der Waals surface area contributed by atoms with Gasteiger partial charge in [0.05, 0.1) is 13.2 Å². The van der Waals surface area contributed by atoms with E-state index in [1.807, 2.05) is 30.3 Å². The van der Waals surface area contributed by atoms with Gasteiger partial charge in [0, 0.05) is 12.5 Å². The van der Waals surface area contributed by atoms with Gasteiger partial charge < -0.3 is 18.9 Å². The molecule has 26 heavy (non-hydrogen) atoms. The predicted molar refractivity (Wildman–Crippen MR) is 98.8 cm³/mol. The summed E-state index contributed by atoms with van der Waals surface area (Å²) in [7, 11) is 0. The van der Waals surface area contributed by atoms with Gasteiger partial charge in [0.2, 0.25) is 6.29 Å². The van der Waals surface area contributed by atoms with E-state index >= 15 is 0 Å². The fourth-order valence-corrected chi connectivity index (χ4v) is 3.52. The summed E-state index contributed by atoms with van der Waals surface area (Å²) >= 11 is 0. The molecule has 0 saturated carbocycles. The molecule has 0 radical (unpaired) electrons. The Bertz CT molecular complexity index is 682. The monoisotopic (exact) mass is 354 g/mol. The van der Waals surface area contributed by atoms with E-state index in [1.54, 1.807) is 0 Å². The van der Waals surface area contributed by atoms with Crippen molar-refractivity contribution in [3.8, 4) is 5.75 Å². The van der Waals surface area contributed by atoms with Gasteiger partial charge in [0.25, 0.3) is 0 Å². The number of hydrogen-bond acceptors (Lipinski definition) is 4. The van der Waals surface area contributed by atoms with Crippen LogP contribution >= 0.6 is 0 Å². The smallest absolute Gasteiger partial charge is 0.205 e. The van der Waals surface area contributed by atoms with Gasteiger partial charge in [-0.1, -0.05) is 48.5 Å². The number of para-hydroxylation sites is 1. The van der Waals surface area contributed by atoms with E-state index in [-0.39, 0.29) is 18.5 Å². The lowest BCUT2D eigenvalue weighted by Crippen LogP contribution is -2.39. The SMILES string of the molecule is c1ccc(COC2Oc3ccccc3CC2COC2CCCCO2)cc1. The molecule has 2 aliphatic heterocycles. The van der Waals surface area contributed by atoms with Gasteiger partial charge >= 0.3 is 0 Å². The molecule has 0 N–H and O–H groups in total. The number of fused-ring (bicyclic) bond motifs is 1. The molecule has 0 aliphatic carbocycles. The average molecular weight is 354 g/mol. The van der Waals surface area contributed by atoms with Crippen LogP contribution in [0.5, 0.6) is 5.75 Å². The molecule has 1 saturated heterocycles. The second kappa shape index (κ2) is 8.67. The van der Waals surface area contributed by atoms with Crippen LogP contribution in [-0.2, 0) is 27.2 Å². The van der Waals surface area contributed by atoms with Crippen LogP contribution in [0.1, 0.15) is 30.4 Å². The first kappa shape index (κ1) is 17.5. The zero-order valence-electron chi connectivity index (χ0n) is 15.0. The van der Waals surface area contributed by atoms with Crippen molar-refractivity contribution in [3.05, 3.63) is 65.7 Å². The molecule has 4 rings (SSSR count). The van der Waals surface area contributed by atoms with Crippen LogP contribution < -0.4 is 4.74 Å². The molecule has 0 bridgehead atoms. The minimum Gasteiger partial charge on any atom is -0.464 e. The van der Waals surface area contributed by atoms with Crippen molar-refractivity contribution in [2.24, 2.45) is 5.92 Å². The van der Waals surface area contributed by atoms with Crippen LogP contribution in [0.4, 0.5) is 0 Å². The first-order valence-electron chi connectivity index (χ1n) is 9.52. The summed E-state index contributed by atoms with van der Waals surface area (Å²) in [5.74, 6) is 1.06. The van der Waals surface area contributed by atoms with E-state index in [1.165, 1.54) is 12.0 Å². The van der Waals surface area contributed by atoms with Crippen LogP contribution in [-0.4, -0.2) is 25.8 Å². The third kappa shape index (κ3) is 4.44. The summed E-state index contributed by atoms with van der Waals surface area (Å²) in [5.41, 5.74) is 2.36. The maximum Gasteiger partial charge on any atom is 0.205 e. The summed E-state index contributed by atoms with van der Waals surface area (Å²) in [5, 5.41) is 0. The summed E-state index contributed by atoms with van der Waals surface area (Å²) < 4.78 is 24.0. The standard InChI is InChI=1S/C22H26O4/c1-2-8-17(9-3-1)15-25-22-19(16-24-21-12-6-7-13-23-21)14-18-10-4-5-11-20(18)26-22/h1-5,8-11,19,21-22H,6-7,12-16H2. The third-order valence-electron chi connectivity index (χ3n) is 4.97. The fraction of sp³-hybridized carbons (Fsp3) is 0.455. The second-order valence-corrected chi connectivity index (χ2v) is 6.98. The molecule has 4 nitrogen and oxygen atoms in total. The van der Waals surface area contributed by atoms with E-state index in [9.17, 15) is 0 Å². The summed E-state index contributed by atoms with van der Waals surface area (Å²) in [6.07, 6.45) is 3.76. The van der Waals surface area contributed by atoms with Gasteiger partial charge in [0.15, 0.2) is 6.29 Å². The van der Waals surface area contributed by atoms with Crippen molar-refractivity contribution >= 4 is 0 Å². The third-order valence-corrected chi connectivity index (χ3v) is 4.97. The molecule has 3 atom stereocenters. The highest BCUT2D eigenvalue weighted by Crippen LogP contribution is 2.32. The fourth-order valence-electron chi connectivity index (χ4n) is 3.52.